The highest BCUT2D eigenvalue weighted by molar-refractivity contribution is 9.10. The van der Waals surface area contributed by atoms with Crippen molar-refractivity contribution in [2.75, 3.05) is 0 Å². The van der Waals surface area contributed by atoms with E-state index in [2.05, 4.69) is 382 Å². The Labute approximate surface area is 600 Å². The van der Waals surface area contributed by atoms with E-state index in [9.17, 15) is 0 Å². The van der Waals surface area contributed by atoms with E-state index < -0.39 is 0 Å². The minimum Gasteiger partial charge on any atom is -0.354 e. The Bertz CT molecular complexity index is 7020. The lowest BCUT2D eigenvalue weighted by molar-refractivity contribution is 1.13. The van der Waals surface area contributed by atoms with Gasteiger partial charge in [-0.2, -0.15) is 0 Å². The smallest absolute Gasteiger partial charge is 0.145 e. The Kier molecular flexibility index (Phi) is 14.2. The van der Waals surface area contributed by atoms with Crippen molar-refractivity contribution in [2.45, 2.75) is 0 Å². The zero-order valence-corrected chi connectivity index (χ0v) is 57.2. The Morgan fingerprint density at radius 3 is 1.05 bits per heavy atom. The summed E-state index contributed by atoms with van der Waals surface area (Å²) >= 11 is 3.55. The third kappa shape index (κ3) is 9.80. The lowest BCUT2D eigenvalue weighted by atomic mass is 10.1. The van der Waals surface area contributed by atoms with E-state index in [1.807, 2.05) is 30.6 Å². The lowest BCUT2D eigenvalue weighted by Gasteiger charge is -2.11. The molecular weight excluding hydrogens is 1320 g/mol. The Balaban J connectivity index is 0.000000115. The molecule has 484 valence electrons. The molecule has 0 aliphatic rings. The van der Waals surface area contributed by atoms with Crippen molar-refractivity contribution in [3.8, 4) is 50.7 Å². The second kappa shape index (κ2) is 24.5. The molecule has 14 aromatic carbocycles. The molecule has 0 aliphatic heterocycles. The van der Waals surface area contributed by atoms with Gasteiger partial charge in [-0.25, -0.2) is 9.97 Å². The van der Waals surface area contributed by atoms with Crippen LogP contribution in [0.4, 0.5) is 0 Å². The second-order valence-electron chi connectivity index (χ2n) is 26.2. The molecule has 0 saturated heterocycles. The van der Waals surface area contributed by atoms with Crippen molar-refractivity contribution >= 4 is 147 Å². The number of fused-ring (bicyclic) bond motifs is 20. The summed E-state index contributed by atoms with van der Waals surface area (Å²) in [6, 6.07) is 125. The van der Waals surface area contributed by atoms with Crippen LogP contribution < -0.4 is 0 Å². The highest BCUT2D eigenvalue weighted by Gasteiger charge is 2.23. The molecule has 9 heteroatoms. The van der Waals surface area contributed by atoms with Crippen LogP contribution in [0.3, 0.4) is 0 Å². The topological polar surface area (TPSA) is 66.2 Å². The molecule has 0 aliphatic carbocycles. The second-order valence-corrected chi connectivity index (χ2v) is 27.2. The molecule has 0 atom stereocenters. The maximum Gasteiger partial charge on any atom is 0.145 e. The molecule has 103 heavy (non-hydrogen) atoms. The molecule has 8 heterocycles. The predicted octanol–water partition coefficient (Wildman–Crippen LogP) is 25.1. The minimum absolute atomic E-state index is 0.962. The van der Waals surface area contributed by atoms with Crippen LogP contribution in [-0.4, -0.2) is 37.8 Å². The van der Waals surface area contributed by atoms with Crippen molar-refractivity contribution in [1.82, 2.24) is 37.8 Å². The highest BCUT2D eigenvalue weighted by Crippen LogP contribution is 2.45. The molecule has 0 spiro atoms. The first kappa shape index (κ1) is 59.7. The molecule has 0 radical (unpaired) electrons. The average molecular weight is 1380 g/mol. The van der Waals surface area contributed by atoms with E-state index in [4.69, 9.17) is 4.98 Å². The standard InChI is InChI=1S/C47H30N4.C30H20N2.C17H11BrN2/c1-3-12-31(13-4-1)32-21-23-34(24-22-32)49-40-19-9-7-16-37(40)45-43(49)27-28-44-46(45)38-17-8-10-20-41(38)50(44)35-25-26-42-39(30-35)36-18-11-29-48-47(36)51(42)33-14-5-2-6-15-33;1-2-8-20(9-3-1)21-14-16-22(17-15-21)32-27-13-7-5-11-24(27)30-28(32)19-18-26-29(30)23-10-4-6-12-25(23)31-26;18-12-8-9-16-15(11-12)14-7-4-10-19-17(14)20(16)13-5-2-1-3-6-13/h1-30H;1-19,31H;1-11H. The van der Waals surface area contributed by atoms with Crippen LogP contribution in [0.25, 0.3) is 182 Å². The molecule has 1 N–H and O–H groups in total. The molecule has 8 aromatic heterocycles. The Morgan fingerprint density at radius 1 is 0.214 bits per heavy atom. The fourth-order valence-electron chi connectivity index (χ4n) is 16.1. The van der Waals surface area contributed by atoms with Crippen LogP contribution in [0, 0.1) is 0 Å². The summed E-state index contributed by atoms with van der Waals surface area (Å²) in [6.07, 6.45) is 3.73. The first-order valence-corrected chi connectivity index (χ1v) is 35.6. The third-order valence-corrected chi connectivity index (χ3v) is 21.0. The van der Waals surface area contributed by atoms with Gasteiger partial charge >= 0.3 is 0 Å². The number of aromatic nitrogens is 8. The molecule has 22 rings (SSSR count). The molecular formula is C94H61BrN8. The van der Waals surface area contributed by atoms with Crippen LogP contribution in [-0.2, 0) is 0 Å². The maximum atomic E-state index is 4.85. The molecule has 8 nitrogen and oxygen atoms in total. The minimum atomic E-state index is 0.962. The third-order valence-electron chi connectivity index (χ3n) is 20.5. The number of rotatable bonds is 7. The lowest BCUT2D eigenvalue weighted by Crippen LogP contribution is -1.96. The molecule has 22 aromatic rings. The largest absolute Gasteiger partial charge is 0.354 e. The first-order chi connectivity index (χ1) is 51.1. The van der Waals surface area contributed by atoms with Crippen LogP contribution in [0.15, 0.2) is 369 Å². The van der Waals surface area contributed by atoms with Crippen molar-refractivity contribution in [1.29, 1.82) is 0 Å². The van der Waals surface area contributed by atoms with Gasteiger partial charge in [-0.15, -0.1) is 0 Å². The van der Waals surface area contributed by atoms with Crippen LogP contribution in [0.1, 0.15) is 0 Å². The summed E-state index contributed by atoms with van der Waals surface area (Å²) in [7, 11) is 0. The SMILES string of the molecule is Brc1ccc2c(c1)c1cccnc1n2-c1ccccc1.c1ccc(-c2ccc(-n3c4ccccc4c4c5c(ccc43)[nH]c3ccccc35)cc2)cc1.c1ccc(-c2ccc(-n3c4ccccc4c4c5c6ccccc6n(-c6ccc7c(c6)c6cccnc6n7-c6ccccc6)c5ccc43)cc2)cc1. The fraction of sp³-hybridized carbons (Fsp3) is 0. The molecule has 0 bridgehead atoms. The number of hydrogen-bond donors (Lipinski definition) is 1. The number of hydrogen-bond acceptors (Lipinski definition) is 2. The monoisotopic (exact) mass is 1380 g/mol. The summed E-state index contributed by atoms with van der Waals surface area (Å²) < 4.78 is 12.8. The van der Waals surface area contributed by atoms with Gasteiger partial charge in [-0.3, -0.25) is 9.13 Å². The number of aromatic amines is 1. The van der Waals surface area contributed by atoms with Crippen LogP contribution >= 0.6 is 15.9 Å². The number of pyridine rings is 2. The number of benzene rings is 14. The van der Waals surface area contributed by atoms with Gasteiger partial charge in [0, 0.05) is 121 Å². The normalized spacial score (nSPS) is 11.7. The number of halogens is 1. The Morgan fingerprint density at radius 2 is 0.553 bits per heavy atom. The zero-order valence-electron chi connectivity index (χ0n) is 55.6. The summed E-state index contributed by atoms with van der Waals surface area (Å²) in [5, 5.41) is 14.9. The summed E-state index contributed by atoms with van der Waals surface area (Å²) in [5.74, 6) is 0. The van der Waals surface area contributed by atoms with Crippen molar-refractivity contribution in [2.24, 2.45) is 0 Å². The van der Waals surface area contributed by atoms with E-state index in [0.29, 0.717) is 0 Å². The van der Waals surface area contributed by atoms with E-state index in [1.165, 1.54) is 137 Å². The van der Waals surface area contributed by atoms with E-state index in [0.717, 1.165) is 49.4 Å². The van der Waals surface area contributed by atoms with Gasteiger partial charge in [-0.1, -0.05) is 210 Å². The summed E-state index contributed by atoms with van der Waals surface area (Å²) in [6.45, 7) is 0. The van der Waals surface area contributed by atoms with Gasteiger partial charge in [0.25, 0.3) is 0 Å². The van der Waals surface area contributed by atoms with Crippen LogP contribution in [0.5, 0.6) is 0 Å². The first-order valence-electron chi connectivity index (χ1n) is 34.8. The van der Waals surface area contributed by atoms with Gasteiger partial charge in [-0.05, 0) is 180 Å². The van der Waals surface area contributed by atoms with E-state index >= 15 is 0 Å². The van der Waals surface area contributed by atoms with Crippen molar-refractivity contribution < 1.29 is 0 Å². The quantitative estimate of drug-likeness (QED) is 0.173. The number of H-pyrrole nitrogens is 1. The Hall–Kier alpha value is -13.3. The number of nitrogens with zero attached hydrogens (tertiary/aromatic N) is 7. The average Bonchev–Trinajstić information content (AvgIpc) is 1.42. The molecule has 0 unspecified atom stereocenters. The number of para-hydroxylation sites is 6. The summed E-state index contributed by atoms with van der Waals surface area (Å²) in [4.78, 5) is 13.0. The van der Waals surface area contributed by atoms with E-state index in [-0.39, 0.29) is 0 Å². The van der Waals surface area contributed by atoms with Gasteiger partial charge in [0.2, 0.25) is 0 Å². The number of nitrogens with one attached hydrogen (secondary N) is 1. The van der Waals surface area contributed by atoms with Gasteiger partial charge < -0.3 is 18.7 Å². The summed E-state index contributed by atoms with van der Waals surface area (Å²) in [5.41, 5.74) is 24.5. The molecule has 0 saturated carbocycles. The van der Waals surface area contributed by atoms with Gasteiger partial charge in [0.15, 0.2) is 0 Å². The van der Waals surface area contributed by atoms with E-state index in [1.54, 1.807) is 0 Å². The highest BCUT2D eigenvalue weighted by atomic mass is 79.9. The van der Waals surface area contributed by atoms with Crippen molar-refractivity contribution in [3.63, 3.8) is 0 Å². The van der Waals surface area contributed by atoms with Crippen molar-refractivity contribution in [3.05, 3.63) is 369 Å². The maximum absolute atomic E-state index is 4.85. The predicted molar refractivity (Wildman–Crippen MR) is 435 cm³/mol. The van der Waals surface area contributed by atoms with Gasteiger partial charge in [0.1, 0.15) is 11.3 Å². The fourth-order valence-corrected chi connectivity index (χ4v) is 16.4. The zero-order chi connectivity index (χ0) is 68.1. The molecule has 0 amide bonds. The molecule has 0 fully saturated rings. The van der Waals surface area contributed by atoms with Crippen LogP contribution in [0.2, 0.25) is 0 Å². The van der Waals surface area contributed by atoms with Gasteiger partial charge in [0.05, 0.1) is 44.1 Å².